The number of rotatable bonds is 3. The van der Waals surface area contributed by atoms with Gasteiger partial charge in [0.15, 0.2) is 0 Å². The first-order chi connectivity index (χ1) is 4.76. The highest BCUT2D eigenvalue weighted by Gasteiger charge is 1.89. The van der Waals surface area contributed by atoms with Crippen molar-refractivity contribution in [2.75, 3.05) is 26.2 Å². The highest BCUT2D eigenvalue weighted by Crippen LogP contribution is 1.81. The summed E-state index contributed by atoms with van der Waals surface area (Å²) in [6.07, 6.45) is 0. The van der Waals surface area contributed by atoms with Gasteiger partial charge in [0.05, 0.1) is 0 Å². The Bertz CT molecular complexity index is 41.8. The average molecular weight is 165 g/mol. The second kappa shape index (κ2) is 16.5. The van der Waals surface area contributed by atoms with Gasteiger partial charge in [-0.05, 0) is 26.6 Å². The van der Waals surface area contributed by atoms with Crippen LogP contribution in [0.4, 0.5) is 0 Å². The van der Waals surface area contributed by atoms with Crippen LogP contribution in [0.25, 0.3) is 0 Å². The molecule has 3 nitrogen and oxygen atoms in total. The summed E-state index contributed by atoms with van der Waals surface area (Å²) < 4.78 is 0. The van der Waals surface area contributed by atoms with Crippen molar-refractivity contribution < 1.29 is 10.6 Å². The second-order valence-corrected chi connectivity index (χ2v) is 1.94. The standard InChI is InChI=1S/C6H15N.C2H6O.H2O/c1-4-7(5-2)6-3;1-2-3;/h4-6H2,1-3H3;3H,2H2,1H3;1H2. The van der Waals surface area contributed by atoms with E-state index >= 15 is 0 Å². The van der Waals surface area contributed by atoms with E-state index in [1.165, 1.54) is 19.6 Å². The van der Waals surface area contributed by atoms with Crippen LogP contribution in [0, 0.1) is 0 Å². The first-order valence-corrected chi connectivity index (χ1v) is 4.09. The Hall–Kier alpha value is -0.120. The molecule has 0 aliphatic carbocycles. The Kier molecular flexibility index (Phi) is 25.6. The number of hydrogen-bond acceptors (Lipinski definition) is 2. The summed E-state index contributed by atoms with van der Waals surface area (Å²) in [7, 11) is 0. The average Bonchev–Trinajstić information content (AvgIpc) is 1.93. The molecule has 0 saturated carbocycles. The summed E-state index contributed by atoms with van der Waals surface area (Å²) in [5.41, 5.74) is 0. The molecule has 0 aromatic carbocycles. The Morgan fingerprint density at radius 2 is 1.09 bits per heavy atom. The number of hydrogen-bond donors (Lipinski definition) is 1. The third kappa shape index (κ3) is 17.7. The SMILES string of the molecule is CCN(CC)CC.CCO.O. The van der Waals surface area contributed by atoms with Crippen molar-refractivity contribution in [3.63, 3.8) is 0 Å². The molecule has 0 aliphatic rings. The lowest BCUT2D eigenvalue weighted by molar-refractivity contribution is 0.318. The molecule has 0 spiro atoms. The van der Waals surface area contributed by atoms with Gasteiger partial charge in [0.2, 0.25) is 0 Å². The Balaban J connectivity index is -0.000000140. The van der Waals surface area contributed by atoms with Crippen LogP contribution in [-0.2, 0) is 0 Å². The Labute approximate surface area is 70.3 Å². The molecule has 0 fully saturated rings. The third-order valence-corrected chi connectivity index (χ3v) is 1.34. The predicted octanol–water partition coefficient (Wildman–Crippen LogP) is 0.522. The van der Waals surface area contributed by atoms with Gasteiger partial charge < -0.3 is 15.5 Å². The lowest BCUT2D eigenvalue weighted by Crippen LogP contribution is -2.21. The second-order valence-electron chi connectivity index (χ2n) is 1.94. The summed E-state index contributed by atoms with van der Waals surface area (Å²) in [6.45, 7) is 12.1. The fourth-order valence-electron chi connectivity index (χ4n) is 0.671. The van der Waals surface area contributed by atoms with Gasteiger partial charge in [-0.15, -0.1) is 0 Å². The summed E-state index contributed by atoms with van der Waals surface area (Å²) in [5, 5.41) is 7.57. The van der Waals surface area contributed by atoms with E-state index in [4.69, 9.17) is 5.11 Å². The van der Waals surface area contributed by atoms with E-state index in [1.54, 1.807) is 6.92 Å². The molecule has 0 saturated heterocycles. The van der Waals surface area contributed by atoms with Crippen molar-refractivity contribution in [2.24, 2.45) is 0 Å². The van der Waals surface area contributed by atoms with E-state index in [0.29, 0.717) is 0 Å². The van der Waals surface area contributed by atoms with Gasteiger partial charge in [0.1, 0.15) is 0 Å². The van der Waals surface area contributed by atoms with Crippen molar-refractivity contribution >= 4 is 0 Å². The fraction of sp³-hybridized carbons (Fsp3) is 1.00. The first-order valence-electron chi connectivity index (χ1n) is 4.09. The molecule has 0 aliphatic heterocycles. The predicted molar refractivity (Wildman–Crippen MR) is 49.8 cm³/mol. The molecule has 0 radical (unpaired) electrons. The van der Waals surface area contributed by atoms with E-state index in [-0.39, 0.29) is 12.1 Å². The van der Waals surface area contributed by atoms with Crippen LogP contribution in [0.3, 0.4) is 0 Å². The van der Waals surface area contributed by atoms with E-state index in [9.17, 15) is 0 Å². The molecule has 0 amide bonds. The smallest absolute Gasteiger partial charge is 0.0402 e. The van der Waals surface area contributed by atoms with E-state index in [1.807, 2.05) is 0 Å². The number of aliphatic hydroxyl groups excluding tert-OH is 1. The maximum atomic E-state index is 7.57. The van der Waals surface area contributed by atoms with Crippen LogP contribution < -0.4 is 0 Å². The van der Waals surface area contributed by atoms with Crippen LogP contribution >= 0.6 is 0 Å². The molecule has 0 atom stereocenters. The molecular formula is C8H23NO2. The van der Waals surface area contributed by atoms with E-state index in [2.05, 4.69) is 25.7 Å². The molecule has 0 bridgehead atoms. The van der Waals surface area contributed by atoms with Gasteiger partial charge in [-0.3, -0.25) is 0 Å². The quantitative estimate of drug-likeness (QED) is 0.663. The maximum absolute atomic E-state index is 7.57. The maximum Gasteiger partial charge on any atom is 0.0402 e. The monoisotopic (exact) mass is 165 g/mol. The van der Waals surface area contributed by atoms with Gasteiger partial charge >= 0.3 is 0 Å². The van der Waals surface area contributed by atoms with Crippen molar-refractivity contribution in [3.8, 4) is 0 Å². The van der Waals surface area contributed by atoms with Crippen molar-refractivity contribution in [3.05, 3.63) is 0 Å². The lowest BCUT2D eigenvalue weighted by atomic mass is 10.5. The van der Waals surface area contributed by atoms with Gasteiger partial charge in [-0.25, -0.2) is 0 Å². The molecule has 11 heavy (non-hydrogen) atoms. The van der Waals surface area contributed by atoms with Crippen LogP contribution in [0.5, 0.6) is 0 Å². The van der Waals surface area contributed by atoms with E-state index < -0.39 is 0 Å². The number of nitrogens with zero attached hydrogens (tertiary/aromatic N) is 1. The summed E-state index contributed by atoms with van der Waals surface area (Å²) in [5.74, 6) is 0. The highest BCUT2D eigenvalue weighted by molar-refractivity contribution is 4.43. The summed E-state index contributed by atoms with van der Waals surface area (Å²) in [4.78, 5) is 2.38. The third-order valence-electron chi connectivity index (χ3n) is 1.34. The zero-order valence-corrected chi connectivity index (χ0v) is 8.22. The molecule has 0 rings (SSSR count). The number of aliphatic hydroxyl groups is 1. The minimum atomic E-state index is 0. The van der Waals surface area contributed by atoms with Gasteiger partial charge in [0, 0.05) is 6.61 Å². The normalized spacial score (nSPS) is 8.18. The minimum absolute atomic E-state index is 0. The Morgan fingerprint density at radius 1 is 0.909 bits per heavy atom. The molecule has 0 unspecified atom stereocenters. The highest BCUT2D eigenvalue weighted by atomic mass is 16.2. The molecule has 0 aromatic heterocycles. The molecule has 0 aromatic rings. The van der Waals surface area contributed by atoms with Crippen molar-refractivity contribution in [1.29, 1.82) is 0 Å². The zero-order chi connectivity index (χ0) is 8.41. The first kappa shape index (κ1) is 17.1. The largest absolute Gasteiger partial charge is 0.412 e. The van der Waals surface area contributed by atoms with Crippen molar-refractivity contribution in [1.82, 2.24) is 4.90 Å². The fourth-order valence-corrected chi connectivity index (χ4v) is 0.671. The summed E-state index contributed by atoms with van der Waals surface area (Å²) >= 11 is 0. The molecule has 0 heterocycles. The van der Waals surface area contributed by atoms with E-state index in [0.717, 1.165) is 0 Å². The zero-order valence-electron chi connectivity index (χ0n) is 8.22. The molecule has 3 N–H and O–H groups in total. The van der Waals surface area contributed by atoms with Crippen LogP contribution in [0.15, 0.2) is 0 Å². The Morgan fingerprint density at radius 3 is 1.09 bits per heavy atom. The lowest BCUT2D eigenvalue weighted by Gasteiger charge is -2.13. The summed E-state index contributed by atoms with van der Waals surface area (Å²) in [6, 6.07) is 0. The minimum Gasteiger partial charge on any atom is -0.412 e. The van der Waals surface area contributed by atoms with Gasteiger partial charge in [-0.1, -0.05) is 20.8 Å². The molecule has 72 valence electrons. The van der Waals surface area contributed by atoms with Gasteiger partial charge in [-0.2, -0.15) is 0 Å². The molecular weight excluding hydrogens is 142 g/mol. The topological polar surface area (TPSA) is 55.0 Å². The van der Waals surface area contributed by atoms with Crippen LogP contribution in [0.2, 0.25) is 0 Å². The van der Waals surface area contributed by atoms with Crippen LogP contribution in [-0.4, -0.2) is 41.7 Å². The van der Waals surface area contributed by atoms with Crippen molar-refractivity contribution in [2.45, 2.75) is 27.7 Å². The molecule has 3 heteroatoms. The van der Waals surface area contributed by atoms with Crippen LogP contribution in [0.1, 0.15) is 27.7 Å². The van der Waals surface area contributed by atoms with Gasteiger partial charge in [0.25, 0.3) is 0 Å².